The van der Waals surface area contributed by atoms with E-state index in [1.807, 2.05) is 0 Å². The van der Waals surface area contributed by atoms with Gasteiger partial charge in [-0.25, -0.2) is 0 Å². The Balaban J connectivity index is 0.00000112. The fraction of sp³-hybridized carbons (Fsp3) is 1.00. The van der Waals surface area contributed by atoms with Gasteiger partial charge in [0.2, 0.25) is 0 Å². The molecule has 2 fully saturated rings. The summed E-state index contributed by atoms with van der Waals surface area (Å²) < 4.78 is 0. The van der Waals surface area contributed by atoms with Crippen LogP contribution in [0.2, 0.25) is 0 Å². The smallest absolute Gasteiger partial charge is 0.0331 e. The highest BCUT2D eigenvalue weighted by Crippen LogP contribution is 2.34. The van der Waals surface area contributed by atoms with E-state index in [0.29, 0.717) is 5.54 Å². The second-order valence-corrected chi connectivity index (χ2v) is 5.04. The van der Waals surface area contributed by atoms with Crippen molar-refractivity contribution >= 4 is 24.8 Å². The molecule has 0 spiro atoms. The molecule has 0 atom stereocenters. The lowest BCUT2D eigenvalue weighted by Crippen LogP contribution is -2.56. The first-order valence-corrected chi connectivity index (χ1v) is 6.32. The second kappa shape index (κ2) is 7.75. The molecule has 1 heterocycles. The molecule has 16 heavy (non-hydrogen) atoms. The van der Waals surface area contributed by atoms with Crippen LogP contribution >= 0.6 is 24.8 Å². The number of nitrogens with zero attached hydrogens (tertiary/aromatic N) is 1. The molecule has 0 unspecified atom stereocenters. The summed E-state index contributed by atoms with van der Waals surface area (Å²) in [6.45, 7) is 3.49. The molecule has 0 radical (unpaired) electrons. The monoisotopic (exact) mass is 268 g/mol. The largest absolute Gasteiger partial charge is 0.329 e. The third kappa shape index (κ3) is 3.49. The molecule has 0 bridgehead atoms. The fourth-order valence-electron chi connectivity index (χ4n) is 3.23. The van der Waals surface area contributed by atoms with E-state index in [2.05, 4.69) is 4.90 Å². The summed E-state index contributed by atoms with van der Waals surface area (Å²) in [6, 6.07) is 0. The van der Waals surface area contributed by atoms with Crippen molar-refractivity contribution in [3.8, 4) is 0 Å². The Hall–Kier alpha value is 0.500. The second-order valence-electron chi connectivity index (χ2n) is 5.04. The van der Waals surface area contributed by atoms with Crippen molar-refractivity contribution in [2.45, 2.75) is 56.9 Å². The predicted octanol–water partition coefficient (Wildman–Crippen LogP) is 2.98. The summed E-state index contributed by atoms with van der Waals surface area (Å²) in [6.07, 6.45) is 11.1. The van der Waals surface area contributed by atoms with Crippen LogP contribution in [0, 0.1) is 0 Å². The standard InChI is InChI=1S/C12H24N2.2ClH/c13-11-12(7-3-1-4-8-12)14-9-5-2-6-10-14;;/h1-11,13H2;2*1H. The van der Waals surface area contributed by atoms with Gasteiger partial charge in [-0.1, -0.05) is 25.7 Å². The van der Waals surface area contributed by atoms with Gasteiger partial charge in [-0.05, 0) is 38.8 Å². The van der Waals surface area contributed by atoms with Gasteiger partial charge in [0, 0.05) is 12.1 Å². The molecule has 0 aromatic rings. The molecule has 1 saturated heterocycles. The Morgan fingerprint density at radius 3 is 1.81 bits per heavy atom. The lowest BCUT2D eigenvalue weighted by molar-refractivity contribution is 0.0404. The number of piperidine rings is 1. The molecular weight excluding hydrogens is 243 g/mol. The minimum Gasteiger partial charge on any atom is -0.329 e. The van der Waals surface area contributed by atoms with E-state index in [1.165, 1.54) is 64.5 Å². The van der Waals surface area contributed by atoms with E-state index in [0.717, 1.165) is 6.54 Å². The fourth-order valence-corrected chi connectivity index (χ4v) is 3.23. The zero-order valence-corrected chi connectivity index (χ0v) is 11.8. The average Bonchev–Trinajstić information content (AvgIpc) is 2.31. The summed E-state index contributed by atoms with van der Waals surface area (Å²) in [5, 5.41) is 0. The van der Waals surface area contributed by atoms with E-state index in [1.54, 1.807) is 0 Å². The van der Waals surface area contributed by atoms with E-state index in [-0.39, 0.29) is 24.8 Å². The molecule has 0 aromatic carbocycles. The number of halogens is 2. The molecule has 2 rings (SSSR count). The SMILES string of the molecule is Cl.Cl.NCC1(N2CCCCC2)CCCCC1. The summed E-state index contributed by atoms with van der Waals surface area (Å²) >= 11 is 0. The normalized spacial score (nSPS) is 25.3. The van der Waals surface area contributed by atoms with E-state index >= 15 is 0 Å². The number of likely N-dealkylation sites (tertiary alicyclic amines) is 1. The maximum atomic E-state index is 6.03. The van der Waals surface area contributed by atoms with Crippen molar-refractivity contribution in [2.75, 3.05) is 19.6 Å². The van der Waals surface area contributed by atoms with Gasteiger partial charge < -0.3 is 5.73 Å². The number of rotatable bonds is 2. The highest BCUT2D eigenvalue weighted by atomic mass is 35.5. The molecule has 0 aromatic heterocycles. The summed E-state index contributed by atoms with van der Waals surface area (Å²) in [5.41, 5.74) is 6.43. The van der Waals surface area contributed by atoms with Crippen LogP contribution < -0.4 is 5.73 Å². The first kappa shape index (κ1) is 16.5. The topological polar surface area (TPSA) is 29.3 Å². The van der Waals surface area contributed by atoms with E-state index in [4.69, 9.17) is 5.73 Å². The molecule has 1 aliphatic heterocycles. The molecule has 1 aliphatic carbocycles. The minimum absolute atomic E-state index is 0. The highest BCUT2D eigenvalue weighted by Gasteiger charge is 2.36. The Kier molecular flexibility index (Phi) is 8.00. The molecule has 98 valence electrons. The maximum absolute atomic E-state index is 6.03. The number of nitrogens with two attached hydrogens (primary N) is 1. The van der Waals surface area contributed by atoms with Crippen LogP contribution in [0.15, 0.2) is 0 Å². The minimum atomic E-state index is 0. The van der Waals surface area contributed by atoms with Gasteiger partial charge >= 0.3 is 0 Å². The first-order chi connectivity index (χ1) is 6.87. The lowest BCUT2D eigenvalue weighted by atomic mass is 9.79. The van der Waals surface area contributed by atoms with E-state index in [9.17, 15) is 0 Å². The van der Waals surface area contributed by atoms with Crippen molar-refractivity contribution in [3.63, 3.8) is 0 Å². The molecule has 2 N–H and O–H groups in total. The zero-order chi connectivity index (χ0) is 9.86. The third-order valence-electron chi connectivity index (χ3n) is 4.19. The Bertz CT molecular complexity index is 176. The molecular formula is C12H26Cl2N2. The van der Waals surface area contributed by atoms with Crippen LogP contribution in [0.5, 0.6) is 0 Å². The van der Waals surface area contributed by atoms with Crippen molar-refractivity contribution in [1.82, 2.24) is 4.90 Å². The van der Waals surface area contributed by atoms with Crippen LogP contribution in [-0.2, 0) is 0 Å². The molecule has 2 aliphatic rings. The van der Waals surface area contributed by atoms with Crippen LogP contribution in [0.3, 0.4) is 0 Å². The third-order valence-corrected chi connectivity index (χ3v) is 4.19. The first-order valence-electron chi connectivity index (χ1n) is 6.32. The van der Waals surface area contributed by atoms with Gasteiger partial charge in [0.15, 0.2) is 0 Å². The zero-order valence-electron chi connectivity index (χ0n) is 10.1. The van der Waals surface area contributed by atoms with Crippen LogP contribution in [-0.4, -0.2) is 30.1 Å². The Morgan fingerprint density at radius 1 is 0.812 bits per heavy atom. The van der Waals surface area contributed by atoms with Gasteiger partial charge in [0.25, 0.3) is 0 Å². The van der Waals surface area contributed by atoms with Crippen molar-refractivity contribution in [3.05, 3.63) is 0 Å². The molecule has 4 heteroatoms. The quantitative estimate of drug-likeness (QED) is 0.835. The molecule has 2 nitrogen and oxygen atoms in total. The molecule has 1 saturated carbocycles. The average molecular weight is 269 g/mol. The summed E-state index contributed by atoms with van der Waals surface area (Å²) in [4.78, 5) is 2.70. The van der Waals surface area contributed by atoms with Gasteiger partial charge in [0.05, 0.1) is 0 Å². The van der Waals surface area contributed by atoms with Crippen molar-refractivity contribution in [2.24, 2.45) is 5.73 Å². The summed E-state index contributed by atoms with van der Waals surface area (Å²) in [7, 11) is 0. The van der Waals surface area contributed by atoms with E-state index < -0.39 is 0 Å². The van der Waals surface area contributed by atoms with Crippen LogP contribution in [0.4, 0.5) is 0 Å². The lowest BCUT2D eigenvalue weighted by Gasteiger charge is -2.47. The number of hydrogen-bond acceptors (Lipinski definition) is 2. The van der Waals surface area contributed by atoms with Crippen LogP contribution in [0.1, 0.15) is 51.4 Å². The maximum Gasteiger partial charge on any atom is 0.0331 e. The highest BCUT2D eigenvalue weighted by molar-refractivity contribution is 5.85. The van der Waals surface area contributed by atoms with Gasteiger partial charge in [-0.3, -0.25) is 4.90 Å². The van der Waals surface area contributed by atoms with Crippen LogP contribution in [0.25, 0.3) is 0 Å². The van der Waals surface area contributed by atoms with Gasteiger partial charge in [0.1, 0.15) is 0 Å². The van der Waals surface area contributed by atoms with Gasteiger partial charge in [-0.2, -0.15) is 0 Å². The van der Waals surface area contributed by atoms with Crippen molar-refractivity contribution in [1.29, 1.82) is 0 Å². The Labute approximate surface area is 112 Å². The summed E-state index contributed by atoms with van der Waals surface area (Å²) in [5.74, 6) is 0. The van der Waals surface area contributed by atoms with Gasteiger partial charge in [-0.15, -0.1) is 24.8 Å². The van der Waals surface area contributed by atoms with Crippen molar-refractivity contribution < 1.29 is 0 Å². The molecule has 0 amide bonds. The predicted molar refractivity (Wildman–Crippen MR) is 74.8 cm³/mol. The Morgan fingerprint density at radius 2 is 1.31 bits per heavy atom. The number of hydrogen-bond donors (Lipinski definition) is 1.